The first-order chi connectivity index (χ1) is 6.63. The van der Waals surface area contributed by atoms with Gasteiger partial charge in [-0.05, 0) is 35.1 Å². The van der Waals surface area contributed by atoms with Gasteiger partial charge in [0.1, 0.15) is 0 Å². The fraction of sp³-hybridized carbons (Fsp3) is 0.444. The van der Waals surface area contributed by atoms with Crippen LogP contribution in [0.25, 0.3) is 0 Å². The number of thiophene rings is 1. The molecule has 0 aliphatic rings. The number of nitrogens with two attached hydrogens (primary N) is 1. The molecule has 3 N–H and O–H groups in total. The van der Waals surface area contributed by atoms with E-state index in [2.05, 4.69) is 27.9 Å². The average molecular weight is 324 g/mol. The van der Waals surface area contributed by atoms with E-state index in [1.165, 1.54) is 0 Å². The standard InChI is InChI=1S/C9H13IN2OS/c1-2-7(11)4-12-9(13)6-3-8(10)14-5-6/h3,5,7H,2,4,11H2,1H3,(H,12,13). The van der Waals surface area contributed by atoms with Crippen LogP contribution >= 0.6 is 33.9 Å². The molecule has 1 unspecified atom stereocenters. The number of carbonyl (C=O) groups is 1. The smallest absolute Gasteiger partial charge is 0.252 e. The van der Waals surface area contributed by atoms with Crippen molar-refractivity contribution in [3.63, 3.8) is 0 Å². The van der Waals surface area contributed by atoms with Gasteiger partial charge >= 0.3 is 0 Å². The van der Waals surface area contributed by atoms with Gasteiger partial charge in [-0.25, -0.2) is 0 Å². The lowest BCUT2D eigenvalue weighted by atomic mass is 10.2. The molecule has 1 aromatic heterocycles. The van der Waals surface area contributed by atoms with Crippen molar-refractivity contribution < 1.29 is 4.79 Å². The van der Waals surface area contributed by atoms with E-state index in [-0.39, 0.29) is 11.9 Å². The zero-order valence-electron chi connectivity index (χ0n) is 7.92. The Morgan fingerprint density at radius 3 is 3.00 bits per heavy atom. The minimum atomic E-state index is -0.0342. The Kier molecular flexibility index (Phi) is 4.83. The molecule has 3 nitrogen and oxygen atoms in total. The summed E-state index contributed by atoms with van der Waals surface area (Å²) in [4.78, 5) is 11.5. The molecule has 1 rings (SSSR count). The number of hydrogen-bond acceptors (Lipinski definition) is 3. The molecule has 0 bridgehead atoms. The summed E-state index contributed by atoms with van der Waals surface area (Å²) >= 11 is 3.76. The fourth-order valence-corrected chi connectivity index (χ4v) is 2.23. The quantitative estimate of drug-likeness (QED) is 0.830. The SMILES string of the molecule is CCC(N)CNC(=O)c1csc(I)c1. The summed E-state index contributed by atoms with van der Waals surface area (Å²) in [5.41, 5.74) is 6.42. The van der Waals surface area contributed by atoms with Gasteiger partial charge in [-0.3, -0.25) is 4.79 Å². The lowest BCUT2D eigenvalue weighted by molar-refractivity contribution is 0.0951. The molecule has 0 saturated heterocycles. The molecule has 0 spiro atoms. The van der Waals surface area contributed by atoms with Gasteiger partial charge in [-0.1, -0.05) is 6.92 Å². The van der Waals surface area contributed by atoms with Crippen molar-refractivity contribution in [1.29, 1.82) is 0 Å². The van der Waals surface area contributed by atoms with E-state index in [0.717, 1.165) is 14.9 Å². The molecular weight excluding hydrogens is 311 g/mol. The van der Waals surface area contributed by atoms with E-state index in [1.807, 2.05) is 18.4 Å². The second-order valence-electron chi connectivity index (χ2n) is 3.02. The van der Waals surface area contributed by atoms with Crippen molar-refractivity contribution in [2.75, 3.05) is 6.54 Å². The third-order valence-corrected chi connectivity index (χ3v) is 3.67. The van der Waals surface area contributed by atoms with Crippen molar-refractivity contribution in [2.45, 2.75) is 19.4 Å². The third-order valence-electron chi connectivity index (χ3n) is 1.88. The van der Waals surface area contributed by atoms with Gasteiger partial charge in [0.2, 0.25) is 0 Å². The Bertz CT molecular complexity index is 314. The Morgan fingerprint density at radius 2 is 2.50 bits per heavy atom. The van der Waals surface area contributed by atoms with Gasteiger partial charge in [0.05, 0.1) is 8.45 Å². The number of nitrogens with one attached hydrogen (secondary N) is 1. The van der Waals surface area contributed by atoms with E-state index in [1.54, 1.807) is 11.3 Å². The fourth-order valence-electron chi connectivity index (χ4n) is 0.899. The molecule has 0 saturated carbocycles. The molecule has 1 atom stereocenters. The summed E-state index contributed by atoms with van der Waals surface area (Å²) in [6.07, 6.45) is 0.876. The van der Waals surface area contributed by atoms with Gasteiger partial charge in [0.15, 0.2) is 0 Å². The zero-order valence-corrected chi connectivity index (χ0v) is 10.9. The van der Waals surface area contributed by atoms with Crippen molar-refractivity contribution in [3.8, 4) is 0 Å². The number of halogens is 1. The highest BCUT2D eigenvalue weighted by atomic mass is 127. The van der Waals surface area contributed by atoms with Crippen LogP contribution in [0.5, 0.6) is 0 Å². The number of amides is 1. The average Bonchev–Trinajstić information content (AvgIpc) is 2.60. The largest absolute Gasteiger partial charge is 0.350 e. The Labute approximate surface area is 101 Å². The molecule has 1 amide bonds. The number of hydrogen-bond donors (Lipinski definition) is 2. The molecule has 14 heavy (non-hydrogen) atoms. The van der Waals surface area contributed by atoms with E-state index >= 15 is 0 Å². The summed E-state index contributed by atoms with van der Waals surface area (Å²) < 4.78 is 1.12. The van der Waals surface area contributed by atoms with Gasteiger partial charge < -0.3 is 11.1 Å². The molecule has 0 aromatic carbocycles. The van der Waals surface area contributed by atoms with Crippen molar-refractivity contribution >= 4 is 39.8 Å². The topological polar surface area (TPSA) is 55.1 Å². The molecule has 1 heterocycles. The minimum absolute atomic E-state index is 0.0342. The van der Waals surface area contributed by atoms with Gasteiger partial charge in [-0.15, -0.1) is 11.3 Å². The molecule has 78 valence electrons. The van der Waals surface area contributed by atoms with Gasteiger partial charge in [0.25, 0.3) is 5.91 Å². The van der Waals surface area contributed by atoms with E-state index in [0.29, 0.717) is 6.54 Å². The van der Waals surface area contributed by atoms with Crippen LogP contribution in [0.15, 0.2) is 11.4 Å². The highest BCUT2D eigenvalue weighted by Crippen LogP contribution is 2.16. The summed E-state index contributed by atoms with van der Waals surface area (Å²) in [6.45, 7) is 2.55. The van der Waals surface area contributed by atoms with Crippen LogP contribution in [0.3, 0.4) is 0 Å². The Balaban J connectivity index is 2.43. The van der Waals surface area contributed by atoms with Crippen LogP contribution in [0.2, 0.25) is 0 Å². The first kappa shape index (κ1) is 11.9. The van der Waals surface area contributed by atoms with Crippen LogP contribution in [0.1, 0.15) is 23.7 Å². The lowest BCUT2D eigenvalue weighted by Crippen LogP contribution is -2.36. The molecule has 0 radical (unpaired) electrons. The van der Waals surface area contributed by atoms with Crippen LogP contribution in [-0.4, -0.2) is 18.5 Å². The summed E-state index contributed by atoms with van der Waals surface area (Å²) in [5.74, 6) is -0.0342. The maximum atomic E-state index is 11.5. The maximum absolute atomic E-state index is 11.5. The summed E-state index contributed by atoms with van der Waals surface area (Å²) in [6, 6.07) is 1.93. The highest BCUT2D eigenvalue weighted by molar-refractivity contribution is 14.1. The Hall–Kier alpha value is -0.140. The second-order valence-corrected chi connectivity index (χ2v) is 5.82. The van der Waals surface area contributed by atoms with E-state index < -0.39 is 0 Å². The molecule has 0 aliphatic heterocycles. The van der Waals surface area contributed by atoms with Crippen LogP contribution in [-0.2, 0) is 0 Å². The maximum Gasteiger partial charge on any atom is 0.252 e. The van der Waals surface area contributed by atoms with Gasteiger partial charge in [-0.2, -0.15) is 0 Å². The first-order valence-corrected chi connectivity index (χ1v) is 6.37. The zero-order chi connectivity index (χ0) is 10.6. The van der Waals surface area contributed by atoms with Crippen LogP contribution < -0.4 is 11.1 Å². The van der Waals surface area contributed by atoms with Crippen LogP contribution in [0.4, 0.5) is 0 Å². The highest BCUT2D eigenvalue weighted by Gasteiger charge is 2.08. The van der Waals surface area contributed by atoms with Crippen molar-refractivity contribution in [3.05, 3.63) is 19.9 Å². The van der Waals surface area contributed by atoms with E-state index in [9.17, 15) is 4.79 Å². The molecule has 0 fully saturated rings. The number of rotatable bonds is 4. The summed E-state index contributed by atoms with van der Waals surface area (Å²) in [7, 11) is 0. The molecule has 0 aliphatic carbocycles. The monoisotopic (exact) mass is 324 g/mol. The van der Waals surface area contributed by atoms with E-state index in [4.69, 9.17) is 5.73 Å². The van der Waals surface area contributed by atoms with Gasteiger partial charge in [0, 0.05) is 18.0 Å². The molecular formula is C9H13IN2OS. The summed E-state index contributed by atoms with van der Waals surface area (Å²) in [5, 5.41) is 4.66. The first-order valence-electron chi connectivity index (χ1n) is 4.41. The van der Waals surface area contributed by atoms with Crippen LogP contribution in [0, 0.1) is 2.88 Å². The Morgan fingerprint density at radius 1 is 1.79 bits per heavy atom. The normalized spacial score (nSPS) is 12.5. The van der Waals surface area contributed by atoms with Crippen molar-refractivity contribution in [2.24, 2.45) is 5.73 Å². The third kappa shape index (κ3) is 3.55. The van der Waals surface area contributed by atoms with Crippen molar-refractivity contribution in [1.82, 2.24) is 5.32 Å². The predicted octanol–water partition coefficient (Wildman–Crippen LogP) is 1.82. The molecule has 1 aromatic rings. The minimum Gasteiger partial charge on any atom is -0.350 e. The predicted molar refractivity (Wildman–Crippen MR) is 67.6 cm³/mol. The lowest BCUT2D eigenvalue weighted by Gasteiger charge is -2.09. The second kappa shape index (κ2) is 5.67. The molecule has 5 heteroatoms. The number of carbonyl (C=O) groups excluding carboxylic acids is 1.